The van der Waals surface area contributed by atoms with Crippen LogP contribution in [0.1, 0.15) is 30.4 Å². The SMILES string of the molecule is O=S1(=O)CCC(F)(c2c(F)cc(C3=NO[C@@H](CO)C3)cc2F)CC1. The van der Waals surface area contributed by atoms with Crippen LogP contribution in [0.3, 0.4) is 0 Å². The van der Waals surface area contributed by atoms with Gasteiger partial charge in [-0.25, -0.2) is 21.6 Å². The number of nitrogens with zero attached hydrogens (tertiary/aromatic N) is 1. The van der Waals surface area contributed by atoms with Crippen LogP contribution in [0.4, 0.5) is 13.2 Å². The van der Waals surface area contributed by atoms with Crippen LogP contribution in [-0.4, -0.2) is 43.5 Å². The van der Waals surface area contributed by atoms with Crippen LogP contribution in [0, 0.1) is 11.6 Å². The second-order valence-corrected chi connectivity index (χ2v) is 8.39. The summed E-state index contributed by atoms with van der Waals surface area (Å²) < 4.78 is 66.6. The van der Waals surface area contributed by atoms with Gasteiger partial charge in [-0.3, -0.25) is 0 Å². The smallest absolute Gasteiger partial charge is 0.156 e. The number of hydrogen-bond acceptors (Lipinski definition) is 5. The van der Waals surface area contributed by atoms with Crippen LogP contribution >= 0.6 is 0 Å². The van der Waals surface area contributed by atoms with Gasteiger partial charge in [0.2, 0.25) is 0 Å². The number of benzene rings is 1. The topological polar surface area (TPSA) is 76.0 Å². The molecule has 1 aromatic rings. The van der Waals surface area contributed by atoms with Gasteiger partial charge < -0.3 is 9.94 Å². The van der Waals surface area contributed by atoms with Gasteiger partial charge in [-0.1, -0.05) is 5.16 Å². The van der Waals surface area contributed by atoms with E-state index in [0.717, 1.165) is 12.1 Å². The van der Waals surface area contributed by atoms with E-state index in [9.17, 15) is 21.6 Å². The first-order valence-electron chi connectivity index (χ1n) is 7.47. The van der Waals surface area contributed by atoms with Gasteiger partial charge in [-0.15, -0.1) is 0 Å². The summed E-state index contributed by atoms with van der Waals surface area (Å²) in [6.07, 6.45) is -1.33. The molecular weight excluding hydrogens is 347 g/mol. The van der Waals surface area contributed by atoms with E-state index < -0.39 is 63.2 Å². The normalized spacial score (nSPS) is 25.2. The molecule has 2 heterocycles. The molecule has 2 aliphatic rings. The lowest BCUT2D eigenvalue weighted by molar-refractivity contribution is 0.0390. The van der Waals surface area contributed by atoms with Gasteiger partial charge in [-0.05, 0) is 25.0 Å². The number of aliphatic hydroxyl groups is 1. The number of halogens is 3. The van der Waals surface area contributed by atoms with E-state index in [4.69, 9.17) is 9.94 Å². The lowest BCUT2D eigenvalue weighted by Gasteiger charge is -2.30. The molecule has 0 unspecified atom stereocenters. The fourth-order valence-corrected chi connectivity index (χ4v) is 4.45. The van der Waals surface area contributed by atoms with Crippen molar-refractivity contribution in [2.24, 2.45) is 5.16 Å². The van der Waals surface area contributed by atoms with Gasteiger partial charge in [0.25, 0.3) is 0 Å². The van der Waals surface area contributed by atoms with Crippen molar-refractivity contribution in [2.75, 3.05) is 18.1 Å². The molecule has 24 heavy (non-hydrogen) atoms. The zero-order chi connectivity index (χ0) is 17.5. The molecule has 0 spiro atoms. The van der Waals surface area contributed by atoms with Crippen molar-refractivity contribution >= 4 is 15.5 Å². The maximum atomic E-state index is 15.0. The molecule has 0 radical (unpaired) electrons. The number of alkyl halides is 1. The van der Waals surface area contributed by atoms with E-state index in [-0.39, 0.29) is 24.3 Å². The largest absolute Gasteiger partial charge is 0.392 e. The average Bonchev–Trinajstić information content (AvgIpc) is 2.99. The number of hydrogen-bond donors (Lipinski definition) is 1. The summed E-state index contributed by atoms with van der Waals surface area (Å²) in [6.45, 7) is -0.280. The van der Waals surface area contributed by atoms with E-state index in [2.05, 4.69) is 5.16 Å². The van der Waals surface area contributed by atoms with Crippen molar-refractivity contribution in [3.05, 3.63) is 34.9 Å². The van der Waals surface area contributed by atoms with Gasteiger partial charge >= 0.3 is 0 Å². The van der Waals surface area contributed by atoms with Crippen LogP contribution in [0.2, 0.25) is 0 Å². The minimum Gasteiger partial charge on any atom is -0.392 e. The molecule has 1 N–H and O–H groups in total. The van der Waals surface area contributed by atoms with Crippen LogP contribution in [0.25, 0.3) is 0 Å². The van der Waals surface area contributed by atoms with Crippen molar-refractivity contribution in [3.63, 3.8) is 0 Å². The first-order chi connectivity index (χ1) is 11.2. The van der Waals surface area contributed by atoms with Crippen LogP contribution in [0.15, 0.2) is 17.3 Å². The first kappa shape index (κ1) is 17.2. The number of oxime groups is 1. The van der Waals surface area contributed by atoms with E-state index in [1.54, 1.807) is 0 Å². The molecule has 9 heteroatoms. The Morgan fingerprint density at radius 3 is 2.33 bits per heavy atom. The molecule has 0 amide bonds. The van der Waals surface area contributed by atoms with E-state index in [1.807, 2.05) is 0 Å². The van der Waals surface area contributed by atoms with Crippen LogP contribution in [0.5, 0.6) is 0 Å². The fraction of sp³-hybridized carbons (Fsp3) is 0.533. The maximum Gasteiger partial charge on any atom is 0.156 e. The molecule has 1 fully saturated rings. The summed E-state index contributed by atoms with van der Waals surface area (Å²) in [5.41, 5.74) is -2.71. The van der Waals surface area contributed by atoms with E-state index in [0.29, 0.717) is 0 Å². The highest BCUT2D eigenvalue weighted by atomic mass is 32.2. The third-order valence-electron chi connectivity index (χ3n) is 4.38. The highest BCUT2D eigenvalue weighted by molar-refractivity contribution is 7.91. The third-order valence-corrected chi connectivity index (χ3v) is 6.03. The summed E-state index contributed by atoms with van der Waals surface area (Å²) in [5.74, 6) is -3.05. The van der Waals surface area contributed by atoms with Gasteiger partial charge in [-0.2, -0.15) is 0 Å². The van der Waals surface area contributed by atoms with Gasteiger partial charge in [0, 0.05) is 12.0 Å². The van der Waals surface area contributed by atoms with Crippen molar-refractivity contribution in [1.82, 2.24) is 0 Å². The predicted octanol–water partition coefficient (Wildman–Crippen LogP) is 1.82. The lowest BCUT2D eigenvalue weighted by Crippen LogP contribution is -2.35. The van der Waals surface area contributed by atoms with Gasteiger partial charge in [0.15, 0.2) is 15.9 Å². The van der Waals surface area contributed by atoms with Crippen molar-refractivity contribution in [1.29, 1.82) is 0 Å². The molecule has 0 bridgehead atoms. The van der Waals surface area contributed by atoms with Crippen molar-refractivity contribution in [3.8, 4) is 0 Å². The van der Waals surface area contributed by atoms with E-state index in [1.165, 1.54) is 0 Å². The third kappa shape index (κ3) is 3.14. The fourth-order valence-electron chi connectivity index (χ4n) is 2.98. The predicted molar refractivity (Wildman–Crippen MR) is 80.1 cm³/mol. The van der Waals surface area contributed by atoms with Gasteiger partial charge in [0.05, 0.1) is 29.4 Å². The minimum absolute atomic E-state index is 0.108. The molecule has 1 saturated heterocycles. The first-order valence-corrected chi connectivity index (χ1v) is 9.29. The maximum absolute atomic E-state index is 15.0. The molecule has 132 valence electrons. The molecule has 3 rings (SSSR count). The molecular formula is C15H16F3NO4S. The minimum atomic E-state index is -3.36. The second-order valence-electron chi connectivity index (χ2n) is 6.08. The average molecular weight is 363 g/mol. The second kappa shape index (κ2) is 6.03. The zero-order valence-corrected chi connectivity index (χ0v) is 13.5. The standard InChI is InChI=1S/C15H16F3NO4S/c16-11-5-9(13-7-10(8-20)23-19-13)6-12(17)14(11)15(18)1-3-24(21,22)4-2-15/h5-6,10,20H,1-4,7-8H2/t10-/m1/s1. The summed E-state index contributed by atoms with van der Waals surface area (Å²) in [6, 6.07) is 1.93. The Bertz CT molecular complexity index is 757. The molecule has 2 aliphatic heterocycles. The Balaban J connectivity index is 1.91. The molecule has 1 atom stereocenters. The summed E-state index contributed by atoms with van der Waals surface area (Å²) in [4.78, 5) is 4.89. The highest BCUT2D eigenvalue weighted by Gasteiger charge is 2.43. The Hall–Kier alpha value is -1.61. The molecule has 5 nitrogen and oxygen atoms in total. The Labute approximate surface area is 137 Å². The van der Waals surface area contributed by atoms with E-state index >= 15 is 0 Å². The Morgan fingerprint density at radius 2 is 1.83 bits per heavy atom. The Morgan fingerprint density at radius 1 is 1.25 bits per heavy atom. The zero-order valence-electron chi connectivity index (χ0n) is 12.6. The molecule has 0 aliphatic carbocycles. The number of sulfone groups is 1. The lowest BCUT2D eigenvalue weighted by atomic mass is 9.87. The Kier molecular flexibility index (Phi) is 4.33. The molecule has 1 aromatic carbocycles. The van der Waals surface area contributed by atoms with Gasteiger partial charge in [0.1, 0.15) is 17.3 Å². The van der Waals surface area contributed by atoms with Crippen LogP contribution < -0.4 is 0 Å². The number of aliphatic hydroxyl groups excluding tert-OH is 1. The van der Waals surface area contributed by atoms with Crippen molar-refractivity contribution in [2.45, 2.75) is 31.0 Å². The van der Waals surface area contributed by atoms with Crippen LogP contribution in [-0.2, 0) is 20.3 Å². The number of rotatable bonds is 3. The summed E-state index contributed by atoms with van der Waals surface area (Å²) >= 11 is 0. The monoisotopic (exact) mass is 363 g/mol. The molecule has 0 aromatic heterocycles. The summed E-state index contributed by atoms with van der Waals surface area (Å²) in [7, 11) is -3.36. The van der Waals surface area contributed by atoms with Crippen molar-refractivity contribution < 1.29 is 31.5 Å². The highest BCUT2D eigenvalue weighted by Crippen LogP contribution is 2.41. The molecule has 0 saturated carbocycles. The summed E-state index contributed by atoms with van der Waals surface area (Å²) in [5, 5.41) is 12.7. The quantitative estimate of drug-likeness (QED) is 0.889.